The number of benzene rings is 1. The molecule has 0 spiro atoms. The number of para-hydroxylation sites is 1. The quantitative estimate of drug-likeness (QED) is 0.761. The molecule has 1 aliphatic rings. The van der Waals surface area contributed by atoms with Gasteiger partial charge in [0, 0.05) is 13.1 Å². The fourth-order valence-corrected chi connectivity index (χ4v) is 2.42. The third-order valence-electron chi connectivity index (χ3n) is 3.06. The lowest BCUT2D eigenvalue weighted by Gasteiger charge is -2.31. The zero-order chi connectivity index (χ0) is 14.4. The highest BCUT2D eigenvalue weighted by atomic mass is 79.9. The Morgan fingerprint density at radius 1 is 1.50 bits per heavy atom. The van der Waals surface area contributed by atoms with Crippen LogP contribution in [0.4, 0.5) is 0 Å². The third-order valence-corrected chi connectivity index (χ3v) is 3.72. The first-order valence-electron chi connectivity index (χ1n) is 6.47. The summed E-state index contributed by atoms with van der Waals surface area (Å²) in [6, 6.07) is 7.69. The Kier molecular flexibility index (Phi) is 5.82. The Morgan fingerprint density at radius 3 is 3.05 bits per heavy atom. The van der Waals surface area contributed by atoms with Crippen LogP contribution in [0, 0.1) is 0 Å². The van der Waals surface area contributed by atoms with Crippen LogP contribution in [-0.2, 0) is 14.3 Å². The molecule has 6 heteroatoms. The van der Waals surface area contributed by atoms with Gasteiger partial charge in [0.25, 0.3) is 0 Å². The number of methoxy groups -OCH3 is 1. The summed E-state index contributed by atoms with van der Waals surface area (Å²) in [5.41, 5.74) is 0. The molecule has 1 fully saturated rings. The number of hydrogen-bond acceptors (Lipinski definition) is 5. The molecule has 110 valence electrons. The fourth-order valence-electron chi connectivity index (χ4n) is 2.02. The molecule has 0 aromatic heterocycles. The zero-order valence-electron chi connectivity index (χ0n) is 11.4. The number of esters is 1. The molecule has 0 N–H and O–H groups in total. The standard InChI is InChI=1S/C14H18BrNO4/c1-18-14(17)9-16-6-7-19-11(8-16)10-20-13-5-3-2-4-12(13)15/h2-5,11H,6-10H2,1H3/t11-/m0/s1. The Labute approximate surface area is 126 Å². The van der Waals surface area contributed by atoms with Crippen molar-refractivity contribution in [3.63, 3.8) is 0 Å². The van der Waals surface area contributed by atoms with Crippen molar-refractivity contribution in [2.45, 2.75) is 6.10 Å². The summed E-state index contributed by atoms with van der Waals surface area (Å²) in [6.07, 6.45) is -0.0412. The lowest BCUT2D eigenvalue weighted by molar-refractivity contribution is -0.144. The normalized spacial score (nSPS) is 19.6. The number of ether oxygens (including phenoxy) is 3. The largest absolute Gasteiger partial charge is 0.490 e. The molecule has 0 amide bonds. The first-order chi connectivity index (χ1) is 9.69. The van der Waals surface area contributed by atoms with E-state index in [1.54, 1.807) is 0 Å². The van der Waals surface area contributed by atoms with E-state index in [2.05, 4.69) is 20.7 Å². The summed E-state index contributed by atoms with van der Waals surface area (Å²) in [5.74, 6) is 0.568. The molecule has 20 heavy (non-hydrogen) atoms. The SMILES string of the molecule is COC(=O)CN1CCO[C@H](COc2ccccc2Br)C1. The predicted octanol–water partition coefficient (Wildman–Crippen LogP) is 1.70. The van der Waals surface area contributed by atoms with Crippen LogP contribution in [0.5, 0.6) is 5.75 Å². The smallest absolute Gasteiger partial charge is 0.319 e. The summed E-state index contributed by atoms with van der Waals surface area (Å²) in [5, 5.41) is 0. The van der Waals surface area contributed by atoms with E-state index in [1.807, 2.05) is 29.2 Å². The van der Waals surface area contributed by atoms with Crippen LogP contribution in [0.2, 0.25) is 0 Å². The number of carbonyl (C=O) groups excluding carboxylic acids is 1. The van der Waals surface area contributed by atoms with Gasteiger partial charge in [-0.25, -0.2) is 0 Å². The van der Waals surface area contributed by atoms with E-state index in [4.69, 9.17) is 9.47 Å². The summed E-state index contributed by atoms with van der Waals surface area (Å²) in [6.45, 7) is 2.76. The average molecular weight is 344 g/mol. The first-order valence-corrected chi connectivity index (χ1v) is 7.26. The van der Waals surface area contributed by atoms with E-state index < -0.39 is 0 Å². The van der Waals surface area contributed by atoms with Crippen LogP contribution >= 0.6 is 15.9 Å². The molecule has 1 aliphatic heterocycles. The zero-order valence-corrected chi connectivity index (χ0v) is 13.0. The van der Waals surface area contributed by atoms with Crippen LogP contribution in [0.15, 0.2) is 28.7 Å². The summed E-state index contributed by atoms with van der Waals surface area (Å²) in [7, 11) is 1.40. The second-order valence-electron chi connectivity index (χ2n) is 4.55. The second kappa shape index (κ2) is 7.61. The molecular weight excluding hydrogens is 326 g/mol. The molecule has 2 rings (SSSR count). The number of hydrogen-bond donors (Lipinski definition) is 0. The molecular formula is C14H18BrNO4. The van der Waals surface area contributed by atoms with Crippen molar-refractivity contribution in [3.05, 3.63) is 28.7 Å². The third kappa shape index (κ3) is 4.47. The van der Waals surface area contributed by atoms with Crippen molar-refractivity contribution in [3.8, 4) is 5.75 Å². The number of halogens is 1. The number of nitrogens with zero attached hydrogens (tertiary/aromatic N) is 1. The minimum Gasteiger partial charge on any atom is -0.490 e. The summed E-state index contributed by atoms with van der Waals surface area (Å²) < 4.78 is 17.0. The Balaban J connectivity index is 1.81. The molecule has 5 nitrogen and oxygen atoms in total. The van der Waals surface area contributed by atoms with Crippen LogP contribution in [-0.4, -0.2) is 56.9 Å². The molecule has 1 aromatic rings. The van der Waals surface area contributed by atoms with Gasteiger partial charge in [0.1, 0.15) is 18.5 Å². The Morgan fingerprint density at radius 2 is 2.30 bits per heavy atom. The van der Waals surface area contributed by atoms with Crippen LogP contribution < -0.4 is 4.74 Å². The molecule has 0 saturated carbocycles. The molecule has 0 radical (unpaired) electrons. The van der Waals surface area contributed by atoms with E-state index in [0.29, 0.717) is 26.3 Å². The number of carbonyl (C=O) groups is 1. The number of morpholine rings is 1. The van der Waals surface area contributed by atoms with Crippen molar-refractivity contribution in [1.29, 1.82) is 0 Å². The Bertz CT molecular complexity index is 455. The van der Waals surface area contributed by atoms with Gasteiger partial charge in [-0.3, -0.25) is 9.69 Å². The minimum absolute atomic E-state index is 0.0412. The number of rotatable bonds is 5. The minimum atomic E-state index is -0.225. The van der Waals surface area contributed by atoms with Gasteiger partial charge in [-0.05, 0) is 28.1 Å². The van der Waals surface area contributed by atoms with Gasteiger partial charge < -0.3 is 14.2 Å². The maximum absolute atomic E-state index is 11.3. The predicted molar refractivity (Wildman–Crippen MR) is 77.8 cm³/mol. The first kappa shape index (κ1) is 15.3. The van der Waals surface area contributed by atoms with Gasteiger partial charge >= 0.3 is 5.97 Å². The molecule has 1 atom stereocenters. The van der Waals surface area contributed by atoms with Gasteiger partial charge in [-0.1, -0.05) is 12.1 Å². The van der Waals surface area contributed by atoms with Gasteiger partial charge in [0.2, 0.25) is 0 Å². The van der Waals surface area contributed by atoms with E-state index in [-0.39, 0.29) is 12.1 Å². The maximum Gasteiger partial charge on any atom is 0.319 e. The lowest BCUT2D eigenvalue weighted by Crippen LogP contribution is -2.46. The van der Waals surface area contributed by atoms with Gasteiger partial charge in [-0.2, -0.15) is 0 Å². The van der Waals surface area contributed by atoms with Crippen LogP contribution in [0.1, 0.15) is 0 Å². The van der Waals surface area contributed by atoms with Crippen molar-refractivity contribution < 1.29 is 19.0 Å². The molecule has 1 aromatic carbocycles. The maximum atomic E-state index is 11.3. The van der Waals surface area contributed by atoms with Crippen molar-refractivity contribution in [2.75, 3.05) is 40.0 Å². The van der Waals surface area contributed by atoms with Crippen LogP contribution in [0.25, 0.3) is 0 Å². The molecule has 0 bridgehead atoms. The van der Waals surface area contributed by atoms with Gasteiger partial charge in [0.15, 0.2) is 0 Å². The van der Waals surface area contributed by atoms with E-state index in [1.165, 1.54) is 7.11 Å². The Hall–Kier alpha value is -1.11. The highest BCUT2D eigenvalue weighted by molar-refractivity contribution is 9.10. The highest BCUT2D eigenvalue weighted by Crippen LogP contribution is 2.24. The monoisotopic (exact) mass is 343 g/mol. The van der Waals surface area contributed by atoms with Crippen LogP contribution in [0.3, 0.4) is 0 Å². The van der Waals surface area contributed by atoms with Gasteiger partial charge in [-0.15, -0.1) is 0 Å². The molecule has 1 heterocycles. The van der Waals surface area contributed by atoms with Crippen molar-refractivity contribution >= 4 is 21.9 Å². The second-order valence-corrected chi connectivity index (χ2v) is 5.40. The average Bonchev–Trinajstić information content (AvgIpc) is 2.47. The molecule has 1 saturated heterocycles. The van der Waals surface area contributed by atoms with E-state index in [0.717, 1.165) is 16.8 Å². The highest BCUT2D eigenvalue weighted by Gasteiger charge is 2.23. The van der Waals surface area contributed by atoms with Crippen molar-refractivity contribution in [2.24, 2.45) is 0 Å². The summed E-state index contributed by atoms with van der Waals surface area (Å²) in [4.78, 5) is 13.3. The van der Waals surface area contributed by atoms with E-state index >= 15 is 0 Å². The van der Waals surface area contributed by atoms with E-state index in [9.17, 15) is 4.79 Å². The molecule has 0 unspecified atom stereocenters. The summed E-state index contributed by atoms with van der Waals surface area (Å²) >= 11 is 3.44. The lowest BCUT2D eigenvalue weighted by atomic mass is 10.3. The fraction of sp³-hybridized carbons (Fsp3) is 0.500. The molecule has 0 aliphatic carbocycles. The van der Waals surface area contributed by atoms with Gasteiger partial charge in [0.05, 0.1) is 24.7 Å². The topological polar surface area (TPSA) is 48.0 Å². The van der Waals surface area contributed by atoms with Crippen molar-refractivity contribution in [1.82, 2.24) is 4.90 Å².